The summed E-state index contributed by atoms with van der Waals surface area (Å²) in [5, 5.41) is 3.25. The van der Waals surface area contributed by atoms with Crippen molar-refractivity contribution in [1.29, 1.82) is 0 Å². The fraction of sp³-hybridized carbons (Fsp3) is 0.545. The van der Waals surface area contributed by atoms with Gasteiger partial charge in [-0.15, -0.1) is 0 Å². The number of benzene rings is 1. The molecule has 2 aromatic rings. The summed E-state index contributed by atoms with van der Waals surface area (Å²) >= 11 is 0. The van der Waals surface area contributed by atoms with Crippen LogP contribution in [-0.4, -0.2) is 71.0 Å². The Morgan fingerprint density at radius 1 is 1.14 bits per heavy atom. The minimum Gasteiger partial charge on any atom is -0.347 e. The number of hydrogen-bond acceptors (Lipinski definition) is 4. The highest BCUT2D eigenvalue weighted by Gasteiger charge is 2.29. The second kappa shape index (κ2) is 8.45. The molecule has 2 aliphatic rings. The smallest absolute Gasteiger partial charge is 0.272 e. The van der Waals surface area contributed by atoms with E-state index in [4.69, 9.17) is 0 Å². The minimum atomic E-state index is -0.0637. The number of likely N-dealkylation sites (tertiary alicyclic amines) is 2. The number of aryl methyl sites for hydroxylation is 1. The molecule has 1 aromatic carbocycles. The topological polar surface area (TPSA) is 64.3 Å². The maximum Gasteiger partial charge on any atom is 0.272 e. The van der Waals surface area contributed by atoms with Crippen LogP contribution < -0.4 is 5.32 Å². The van der Waals surface area contributed by atoms with E-state index in [2.05, 4.69) is 32.1 Å². The highest BCUT2D eigenvalue weighted by Crippen LogP contribution is 2.21. The van der Waals surface area contributed by atoms with Crippen molar-refractivity contribution in [1.82, 2.24) is 25.1 Å². The predicted octanol–water partition coefficient (Wildman–Crippen LogP) is 2.67. The SMILES string of the molecule is Cc1[nH]c(-c2ccccc2)nc1C(=O)N[C@@H]1CCCN(C2CCN(C)CC2)C1. The first-order valence-corrected chi connectivity index (χ1v) is 10.5. The van der Waals surface area contributed by atoms with Crippen molar-refractivity contribution in [2.24, 2.45) is 0 Å². The first-order chi connectivity index (χ1) is 13.6. The fourth-order valence-electron chi connectivity index (χ4n) is 4.48. The van der Waals surface area contributed by atoms with Gasteiger partial charge in [0.15, 0.2) is 0 Å². The number of rotatable bonds is 4. The first-order valence-electron chi connectivity index (χ1n) is 10.5. The molecule has 2 N–H and O–H groups in total. The zero-order valence-corrected chi connectivity index (χ0v) is 16.9. The minimum absolute atomic E-state index is 0.0637. The van der Waals surface area contributed by atoms with Crippen molar-refractivity contribution >= 4 is 5.91 Å². The van der Waals surface area contributed by atoms with Gasteiger partial charge < -0.3 is 15.2 Å². The van der Waals surface area contributed by atoms with Crippen LogP contribution in [-0.2, 0) is 0 Å². The highest BCUT2D eigenvalue weighted by molar-refractivity contribution is 5.94. The van der Waals surface area contributed by atoms with Crippen LogP contribution in [0.4, 0.5) is 0 Å². The summed E-state index contributed by atoms with van der Waals surface area (Å²) in [6.07, 6.45) is 4.65. The molecule has 2 fully saturated rings. The lowest BCUT2D eigenvalue weighted by molar-refractivity contribution is 0.0763. The molecule has 150 valence electrons. The summed E-state index contributed by atoms with van der Waals surface area (Å²) in [7, 11) is 2.20. The van der Waals surface area contributed by atoms with Crippen LogP contribution in [0, 0.1) is 6.92 Å². The molecule has 0 bridgehead atoms. The van der Waals surface area contributed by atoms with E-state index in [1.165, 1.54) is 25.9 Å². The number of amides is 1. The molecule has 1 aromatic heterocycles. The molecule has 0 spiro atoms. The van der Waals surface area contributed by atoms with Crippen molar-refractivity contribution in [3.63, 3.8) is 0 Å². The Morgan fingerprint density at radius 2 is 1.89 bits per heavy atom. The maximum atomic E-state index is 12.9. The van der Waals surface area contributed by atoms with E-state index in [1.54, 1.807) is 0 Å². The molecular weight excluding hydrogens is 350 g/mol. The third-order valence-electron chi connectivity index (χ3n) is 6.14. The number of H-pyrrole nitrogens is 1. The van der Waals surface area contributed by atoms with E-state index < -0.39 is 0 Å². The molecule has 1 atom stereocenters. The standard InChI is InChI=1S/C22H31N5O/c1-16-20(25-21(23-16)17-7-4-3-5-8-17)22(28)24-18-9-6-12-27(15-18)19-10-13-26(2)14-11-19/h3-5,7-8,18-19H,6,9-15H2,1-2H3,(H,23,25)(H,24,28)/t18-/m1/s1. The van der Waals surface area contributed by atoms with Crippen molar-refractivity contribution < 1.29 is 4.79 Å². The molecule has 6 heteroatoms. The third kappa shape index (κ3) is 4.28. The average molecular weight is 382 g/mol. The highest BCUT2D eigenvalue weighted by atomic mass is 16.2. The van der Waals surface area contributed by atoms with E-state index in [-0.39, 0.29) is 11.9 Å². The lowest BCUT2D eigenvalue weighted by atomic mass is 9.98. The summed E-state index contributed by atoms with van der Waals surface area (Å²) < 4.78 is 0. The molecule has 2 aliphatic heterocycles. The van der Waals surface area contributed by atoms with Gasteiger partial charge in [-0.1, -0.05) is 30.3 Å². The van der Waals surface area contributed by atoms with Crippen LogP contribution in [0.25, 0.3) is 11.4 Å². The van der Waals surface area contributed by atoms with Gasteiger partial charge >= 0.3 is 0 Å². The Labute approximate surface area is 167 Å². The number of aromatic nitrogens is 2. The monoisotopic (exact) mass is 381 g/mol. The molecule has 0 unspecified atom stereocenters. The van der Waals surface area contributed by atoms with Crippen LogP contribution in [0.5, 0.6) is 0 Å². The van der Waals surface area contributed by atoms with Gasteiger partial charge in [0.1, 0.15) is 11.5 Å². The van der Waals surface area contributed by atoms with E-state index in [1.807, 2.05) is 37.3 Å². The van der Waals surface area contributed by atoms with Gasteiger partial charge in [0, 0.05) is 29.9 Å². The summed E-state index contributed by atoms with van der Waals surface area (Å²) in [5.74, 6) is 0.686. The summed E-state index contributed by atoms with van der Waals surface area (Å²) in [4.78, 5) is 25.7. The van der Waals surface area contributed by atoms with E-state index in [0.29, 0.717) is 11.7 Å². The quantitative estimate of drug-likeness (QED) is 0.855. The molecule has 0 aliphatic carbocycles. The number of aromatic amines is 1. The molecule has 3 heterocycles. The van der Waals surface area contributed by atoms with Crippen molar-refractivity contribution in [2.75, 3.05) is 33.2 Å². The number of carbonyl (C=O) groups excluding carboxylic acids is 1. The lowest BCUT2D eigenvalue weighted by Crippen LogP contribution is -2.53. The largest absolute Gasteiger partial charge is 0.347 e. The van der Waals surface area contributed by atoms with Crippen LogP contribution in [0.2, 0.25) is 0 Å². The molecular formula is C22H31N5O. The Bertz CT molecular complexity index is 795. The molecule has 2 saturated heterocycles. The lowest BCUT2D eigenvalue weighted by Gasteiger charge is -2.41. The summed E-state index contributed by atoms with van der Waals surface area (Å²) in [6, 6.07) is 10.8. The van der Waals surface area contributed by atoms with Gasteiger partial charge in [-0.3, -0.25) is 9.69 Å². The van der Waals surface area contributed by atoms with Crippen LogP contribution >= 0.6 is 0 Å². The fourth-order valence-corrected chi connectivity index (χ4v) is 4.48. The normalized spacial score (nSPS) is 22.3. The maximum absolute atomic E-state index is 12.9. The molecule has 4 rings (SSSR count). The van der Waals surface area contributed by atoms with Gasteiger partial charge in [0.2, 0.25) is 0 Å². The van der Waals surface area contributed by atoms with Crippen LogP contribution in [0.1, 0.15) is 41.9 Å². The Balaban J connectivity index is 1.39. The molecule has 1 amide bonds. The average Bonchev–Trinajstić information content (AvgIpc) is 3.11. The Hall–Kier alpha value is -2.18. The zero-order valence-electron chi connectivity index (χ0n) is 16.9. The Kier molecular flexibility index (Phi) is 5.78. The number of nitrogens with zero attached hydrogens (tertiary/aromatic N) is 3. The first kappa shape index (κ1) is 19.2. The van der Waals surface area contributed by atoms with Crippen molar-refractivity contribution in [3.05, 3.63) is 41.7 Å². The molecule has 6 nitrogen and oxygen atoms in total. The van der Waals surface area contributed by atoms with E-state index in [9.17, 15) is 4.79 Å². The second-order valence-electron chi connectivity index (χ2n) is 8.27. The van der Waals surface area contributed by atoms with Crippen molar-refractivity contribution in [3.8, 4) is 11.4 Å². The Morgan fingerprint density at radius 3 is 2.64 bits per heavy atom. The van der Waals surface area contributed by atoms with Crippen LogP contribution in [0.3, 0.4) is 0 Å². The number of piperidine rings is 2. The van der Waals surface area contributed by atoms with Gasteiger partial charge in [-0.05, 0) is 59.3 Å². The predicted molar refractivity (Wildman–Crippen MR) is 111 cm³/mol. The molecule has 0 radical (unpaired) electrons. The zero-order chi connectivity index (χ0) is 19.5. The van der Waals surface area contributed by atoms with E-state index >= 15 is 0 Å². The van der Waals surface area contributed by atoms with Crippen molar-refractivity contribution in [2.45, 2.75) is 44.7 Å². The van der Waals surface area contributed by atoms with Crippen LogP contribution in [0.15, 0.2) is 30.3 Å². The van der Waals surface area contributed by atoms with Gasteiger partial charge in [0.25, 0.3) is 5.91 Å². The van der Waals surface area contributed by atoms with Gasteiger partial charge in [-0.25, -0.2) is 4.98 Å². The summed E-state index contributed by atoms with van der Waals surface area (Å²) in [5.41, 5.74) is 2.32. The molecule has 28 heavy (non-hydrogen) atoms. The molecule has 0 saturated carbocycles. The van der Waals surface area contributed by atoms with Gasteiger partial charge in [-0.2, -0.15) is 0 Å². The third-order valence-corrected chi connectivity index (χ3v) is 6.14. The number of hydrogen-bond donors (Lipinski definition) is 2. The van der Waals surface area contributed by atoms with E-state index in [0.717, 1.165) is 43.0 Å². The van der Waals surface area contributed by atoms with Gasteiger partial charge in [0.05, 0.1) is 0 Å². The summed E-state index contributed by atoms with van der Waals surface area (Å²) in [6.45, 7) is 6.37. The number of carbonyl (C=O) groups is 1. The number of nitrogens with one attached hydrogen (secondary N) is 2. The second-order valence-corrected chi connectivity index (χ2v) is 8.27. The number of imidazole rings is 1.